The van der Waals surface area contributed by atoms with E-state index in [4.69, 9.17) is 0 Å². The van der Waals surface area contributed by atoms with E-state index in [1.165, 1.54) is 0 Å². The molecule has 106 valence electrons. The van der Waals surface area contributed by atoms with Crippen molar-refractivity contribution in [3.63, 3.8) is 0 Å². The number of aromatic amines is 1. The second-order valence-corrected chi connectivity index (χ2v) is 3.79. The summed E-state index contributed by atoms with van der Waals surface area (Å²) in [6.45, 7) is 12.1. The molecule has 0 radical (unpaired) electrons. The molecule has 0 aliphatic carbocycles. The summed E-state index contributed by atoms with van der Waals surface area (Å²) in [6, 6.07) is 3.72. The van der Waals surface area contributed by atoms with Gasteiger partial charge < -0.3 is 4.98 Å². The first-order chi connectivity index (χ1) is 9.24. The van der Waals surface area contributed by atoms with Gasteiger partial charge in [0.25, 0.3) is 0 Å². The van der Waals surface area contributed by atoms with E-state index >= 15 is 0 Å². The smallest absolute Gasteiger partial charge is 0.150 e. The third-order valence-corrected chi connectivity index (χ3v) is 2.47. The number of nitrogens with zero attached hydrogens (tertiary/aromatic N) is 1. The molecule has 0 amide bonds. The highest BCUT2D eigenvalue weighted by atomic mass is 16.1. The maximum atomic E-state index is 10.7. The molecular weight excluding hydrogens is 236 g/mol. The highest BCUT2D eigenvalue weighted by Crippen LogP contribution is 2.18. The summed E-state index contributed by atoms with van der Waals surface area (Å²) in [7, 11) is 0. The number of rotatable bonds is 3. The van der Waals surface area contributed by atoms with Gasteiger partial charge in [-0.05, 0) is 31.0 Å². The van der Waals surface area contributed by atoms with Gasteiger partial charge >= 0.3 is 0 Å². The molecule has 0 bridgehead atoms. The molecule has 3 heteroatoms. The van der Waals surface area contributed by atoms with Crippen molar-refractivity contribution < 1.29 is 4.79 Å². The van der Waals surface area contributed by atoms with Crippen LogP contribution >= 0.6 is 0 Å². The average molecular weight is 262 g/mol. The summed E-state index contributed by atoms with van der Waals surface area (Å²) in [6.07, 6.45) is 2.89. The van der Waals surface area contributed by atoms with Gasteiger partial charge in [-0.3, -0.25) is 4.79 Å². The van der Waals surface area contributed by atoms with Gasteiger partial charge in [0.2, 0.25) is 0 Å². The van der Waals surface area contributed by atoms with Crippen molar-refractivity contribution in [1.29, 1.82) is 0 Å². The molecule has 2 rings (SSSR count). The molecule has 0 atom stereocenters. The van der Waals surface area contributed by atoms with E-state index in [-0.39, 0.29) is 0 Å². The summed E-state index contributed by atoms with van der Waals surface area (Å²) >= 11 is 0. The fourth-order valence-corrected chi connectivity index (χ4v) is 1.79. The summed E-state index contributed by atoms with van der Waals surface area (Å²) in [5.74, 6) is 0.999. The van der Waals surface area contributed by atoms with E-state index < -0.39 is 0 Å². The second-order valence-electron chi connectivity index (χ2n) is 3.79. The maximum Gasteiger partial charge on any atom is 0.150 e. The van der Waals surface area contributed by atoms with Crippen molar-refractivity contribution in [2.24, 2.45) is 0 Å². The van der Waals surface area contributed by atoms with Crippen molar-refractivity contribution in [2.75, 3.05) is 0 Å². The number of aryl methyl sites for hydroxylation is 2. The molecule has 1 aromatic carbocycles. The largest absolute Gasteiger partial charge is 0.342 e. The SMILES string of the molecule is CC.CC.CCCc1nc2c(C)cc(C=O)cc2[nH]1. The van der Waals surface area contributed by atoms with Crippen LogP contribution in [0.5, 0.6) is 0 Å². The topological polar surface area (TPSA) is 45.8 Å². The van der Waals surface area contributed by atoms with Crippen LogP contribution in [0.2, 0.25) is 0 Å². The normalized spacial score (nSPS) is 9.16. The van der Waals surface area contributed by atoms with Gasteiger partial charge in [0.1, 0.15) is 12.1 Å². The lowest BCUT2D eigenvalue weighted by molar-refractivity contribution is 0.112. The van der Waals surface area contributed by atoms with Gasteiger partial charge in [-0.2, -0.15) is 0 Å². The van der Waals surface area contributed by atoms with Crippen LogP contribution in [0.25, 0.3) is 11.0 Å². The summed E-state index contributed by atoms with van der Waals surface area (Å²) in [5.41, 5.74) is 3.68. The van der Waals surface area contributed by atoms with Crippen LogP contribution in [0.1, 0.15) is 62.8 Å². The monoisotopic (exact) mass is 262 g/mol. The first-order valence-corrected chi connectivity index (χ1v) is 7.19. The molecule has 2 aromatic rings. The number of hydrogen-bond acceptors (Lipinski definition) is 2. The van der Waals surface area contributed by atoms with E-state index in [2.05, 4.69) is 16.9 Å². The van der Waals surface area contributed by atoms with Crippen LogP contribution < -0.4 is 0 Å². The quantitative estimate of drug-likeness (QED) is 0.816. The van der Waals surface area contributed by atoms with Gasteiger partial charge in [-0.25, -0.2) is 4.98 Å². The Morgan fingerprint density at radius 1 is 1.21 bits per heavy atom. The molecule has 0 fully saturated rings. The van der Waals surface area contributed by atoms with E-state index in [9.17, 15) is 4.79 Å². The zero-order valence-electron chi connectivity index (χ0n) is 13.0. The number of aromatic nitrogens is 2. The van der Waals surface area contributed by atoms with Crippen LogP contribution in [0.4, 0.5) is 0 Å². The van der Waals surface area contributed by atoms with Crippen LogP contribution in [-0.2, 0) is 6.42 Å². The van der Waals surface area contributed by atoms with Crippen molar-refractivity contribution in [1.82, 2.24) is 9.97 Å². The lowest BCUT2D eigenvalue weighted by atomic mass is 10.1. The molecule has 0 saturated carbocycles. The zero-order chi connectivity index (χ0) is 14.8. The Kier molecular flexibility index (Phi) is 8.51. The number of aldehydes is 1. The highest BCUT2D eigenvalue weighted by Gasteiger charge is 2.06. The molecule has 0 aliphatic rings. The number of fused-ring (bicyclic) bond motifs is 1. The number of carbonyl (C=O) groups excluding carboxylic acids is 1. The molecule has 0 saturated heterocycles. The Bertz CT molecular complexity index is 501. The summed E-state index contributed by atoms with van der Waals surface area (Å²) in [5, 5.41) is 0. The van der Waals surface area contributed by atoms with Crippen molar-refractivity contribution in [3.05, 3.63) is 29.1 Å². The standard InChI is InChI=1S/C12H14N2O.2C2H6/c1-3-4-11-13-10-6-9(7-15)5-8(2)12(10)14-11;2*1-2/h5-7H,3-4H2,1-2H3,(H,13,14);2*1-2H3. The second kappa shape index (κ2) is 9.31. The lowest BCUT2D eigenvalue weighted by Gasteiger charge is -1.95. The van der Waals surface area contributed by atoms with E-state index in [0.29, 0.717) is 5.56 Å². The third kappa shape index (κ3) is 4.51. The minimum absolute atomic E-state index is 0.701. The Morgan fingerprint density at radius 3 is 2.37 bits per heavy atom. The number of benzene rings is 1. The van der Waals surface area contributed by atoms with Crippen molar-refractivity contribution in [2.45, 2.75) is 54.4 Å². The molecular formula is C16H26N2O. The van der Waals surface area contributed by atoms with Gasteiger partial charge in [0.05, 0.1) is 11.0 Å². The van der Waals surface area contributed by atoms with Crippen LogP contribution in [0, 0.1) is 6.92 Å². The van der Waals surface area contributed by atoms with E-state index in [1.54, 1.807) is 0 Å². The van der Waals surface area contributed by atoms with Gasteiger partial charge in [-0.15, -0.1) is 0 Å². The number of imidazole rings is 1. The number of H-pyrrole nitrogens is 1. The maximum absolute atomic E-state index is 10.7. The molecule has 0 unspecified atom stereocenters. The highest BCUT2D eigenvalue weighted by molar-refractivity contribution is 5.87. The van der Waals surface area contributed by atoms with Gasteiger partial charge in [-0.1, -0.05) is 34.6 Å². The fourth-order valence-electron chi connectivity index (χ4n) is 1.79. The van der Waals surface area contributed by atoms with Gasteiger partial charge in [0, 0.05) is 12.0 Å². The lowest BCUT2D eigenvalue weighted by Crippen LogP contribution is -1.84. The third-order valence-electron chi connectivity index (χ3n) is 2.47. The van der Waals surface area contributed by atoms with Crippen LogP contribution in [-0.4, -0.2) is 16.3 Å². The Balaban J connectivity index is 0.000000741. The molecule has 0 spiro atoms. The minimum atomic E-state index is 0.701. The Labute approximate surface area is 116 Å². The van der Waals surface area contributed by atoms with Crippen LogP contribution in [0.15, 0.2) is 12.1 Å². The Hall–Kier alpha value is -1.64. The molecule has 1 heterocycles. The van der Waals surface area contributed by atoms with E-state index in [0.717, 1.165) is 41.5 Å². The first-order valence-electron chi connectivity index (χ1n) is 7.19. The zero-order valence-corrected chi connectivity index (χ0v) is 13.0. The van der Waals surface area contributed by atoms with E-state index in [1.807, 2.05) is 46.8 Å². The molecule has 1 aromatic heterocycles. The predicted molar refractivity (Wildman–Crippen MR) is 82.9 cm³/mol. The minimum Gasteiger partial charge on any atom is -0.342 e. The first kappa shape index (κ1) is 17.4. The van der Waals surface area contributed by atoms with Crippen molar-refractivity contribution in [3.8, 4) is 0 Å². The Morgan fingerprint density at radius 2 is 1.84 bits per heavy atom. The number of carbonyl (C=O) groups is 1. The summed E-state index contributed by atoms with van der Waals surface area (Å²) in [4.78, 5) is 18.4. The number of nitrogens with one attached hydrogen (secondary N) is 1. The average Bonchev–Trinajstić information content (AvgIpc) is 2.87. The summed E-state index contributed by atoms with van der Waals surface area (Å²) < 4.78 is 0. The predicted octanol–water partition coefficient (Wildman–Crippen LogP) is 4.69. The molecule has 0 aliphatic heterocycles. The van der Waals surface area contributed by atoms with Crippen LogP contribution in [0.3, 0.4) is 0 Å². The van der Waals surface area contributed by atoms with Crippen molar-refractivity contribution >= 4 is 17.3 Å². The molecule has 1 N–H and O–H groups in total. The number of hydrogen-bond donors (Lipinski definition) is 1. The molecule has 3 nitrogen and oxygen atoms in total. The fraction of sp³-hybridized carbons (Fsp3) is 0.500. The molecule has 19 heavy (non-hydrogen) atoms. The van der Waals surface area contributed by atoms with Gasteiger partial charge in [0.15, 0.2) is 0 Å².